The Kier molecular flexibility index (Phi) is 4.35. The summed E-state index contributed by atoms with van der Waals surface area (Å²) in [6.07, 6.45) is 1.71. The van der Waals surface area contributed by atoms with Crippen molar-refractivity contribution in [1.29, 1.82) is 0 Å². The molecule has 3 atom stereocenters. The summed E-state index contributed by atoms with van der Waals surface area (Å²) >= 11 is 0. The molecule has 1 aliphatic rings. The van der Waals surface area contributed by atoms with E-state index >= 15 is 0 Å². The van der Waals surface area contributed by atoms with Gasteiger partial charge in [0.2, 0.25) is 5.91 Å². The van der Waals surface area contributed by atoms with Crippen molar-refractivity contribution in [3.63, 3.8) is 0 Å². The van der Waals surface area contributed by atoms with Crippen LogP contribution in [-0.4, -0.2) is 30.9 Å². The van der Waals surface area contributed by atoms with E-state index in [2.05, 4.69) is 5.32 Å². The van der Waals surface area contributed by atoms with E-state index in [0.29, 0.717) is 6.61 Å². The lowest BCUT2D eigenvalue weighted by Gasteiger charge is -2.34. The van der Waals surface area contributed by atoms with E-state index in [9.17, 15) is 4.79 Å². The number of carbonyl (C=O) groups is 1. The van der Waals surface area contributed by atoms with Crippen LogP contribution < -0.4 is 5.32 Å². The number of carbonyl (C=O) groups excluding carboxylic acids is 1. The highest BCUT2D eigenvalue weighted by atomic mass is 16.7. The molecule has 0 radical (unpaired) electrons. The highest BCUT2D eigenvalue weighted by molar-refractivity contribution is 5.73. The van der Waals surface area contributed by atoms with E-state index in [-0.39, 0.29) is 24.3 Å². The first-order chi connectivity index (χ1) is 6.63. The highest BCUT2D eigenvalue weighted by Crippen LogP contribution is 2.20. The highest BCUT2D eigenvalue weighted by Gasteiger charge is 2.28. The minimum absolute atomic E-state index is 0.000287. The maximum atomic E-state index is 10.9. The molecule has 0 spiro atoms. The second-order valence-electron chi connectivity index (χ2n) is 3.61. The second kappa shape index (κ2) is 5.32. The predicted molar refractivity (Wildman–Crippen MR) is 52.8 cm³/mol. The fraction of sp³-hybridized carbons (Fsp3) is 0.900. The molecule has 1 N–H and O–H groups in total. The number of hydrogen-bond acceptors (Lipinski definition) is 3. The third kappa shape index (κ3) is 3.27. The summed E-state index contributed by atoms with van der Waals surface area (Å²) < 4.78 is 11.0. The van der Waals surface area contributed by atoms with Gasteiger partial charge in [0.25, 0.3) is 0 Å². The maximum absolute atomic E-state index is 10.9. The zero-order valence-corrected chi connectivity index (χ0v) is 9.08. The minimum Gasteiger partial charge on any atom is -0.353 e. The van der Waals surface area contributed by atoms with Crippen LogP contribution in [0.25, 0.3) is 0 Å². The Morgan fingerprint density at radius 1 is 1.57 bits per heavy atom. The number of nitrogens with one attached hydrogen (secondary N) is 1. The van der Waals surface area contributed by atoms with Gasteiger partial charge in [0.15, 0.2) is 6.29 Å². The van der Waals surface area contributed by atoms with Crippen LogP contribution >= 0.6 is 0 Å². The molecule has 0 aromatic carbocycles. The van der Waals surface area contributed by atoms with E-state index in [1.807, 2.05) is 13.8 Å². The minimum atomic E-state index is -0.0972. The lowest BCUT2D eigenvalue weighted by atomic mass is 10.0. The van der Waals surface area contributed by atoms with Gasteiger partial charge in [-0.1, -0.05) is 0 Å². The molecule has 0 aromatic heterocycles. The third-order valence-electron chi connectivity index (χ3n) is 2.39. The average Bonchev–Trinajstić information content (AvgIpc) is 2.10. The maximum Gasteiger partial charge on any atom is 0.217 e. The summed E-state index contributed by atoms with van der Waals surface area (Å²) in [5.41, 5.74) is 0. The first-order valence-corrected chi connectivity index (χ1v) is 5.17. The molecule has 14 heavy (non-hydrogen) atoms. The Morgan fingerprint density at radius 2 is 2.29 bits per heavy atom. The van der Waals surface area contributed by atoms with E-state index < -0.39 is 0 Å². The summed E-state index contributed by atoms with van der Waals surface area (Å²) in [4.78, 5) is 10.9. The average molecular weight is 201 g/mol. The third-order valence-corrected chi connectivity index (χ3v) is 2.39. The first kappa shape index (κ1) is 11.5. The van der Waals surface area contributed by atoms with E-state index in [1.54, 1.807) is 0 Å². The zero-order valence-electron chi connectivity index (χ0n) is 9.08. The van der Waals surface area contributed by atoms with E-state index in [1.165, 1.54) is 6.92 Å². The molecule has 0 saturated carbocycles. The topological polar surface area (TPSA) is 47.6 Å². The van der Waals surface area contributed by atoms with Gasteiger partial charge in [0.05, 0.1) is 12.1 Å². The molecule has 0 aromatic rings. The van der Waals surface area contributed by atoms with Crippen LogP contribution in [0.2, 0.25) is 0 Å². The molecular weight excluding hydrogens is 182 g/mol. The molecule has 0 unspecified atom stereocenters. The van der Waals surface area contributed by atoms with E-state index in [4.69, 9.17) is 9.47 Å². The van der Waals surface area contributed by atoms with Crippen LogP contribution in [0, 0.1) is 0 Å². The molecule has 1 fully saturated rings. The van der Waals surface area contributed by atoms with Gasteiger partial charge in [-0.25, -0.2) is 0 Å². The Balaban J connectivity index is 2.35. The predicted octanol–water partition coefficient (Wildman–Crippen LogP) is 1.05. The standard InChI is InChI=1S/C10H19NO3/c1-4-13-10-6-5-9(7(2)14-10)11-8(3)12/h7,9-10H,4-6H2,1-3H3,(H,11,12)/t7-,9+,10-/m1/s1. The van der Waals surface area contributed by atoms with E-state index in [0.717, 1.165) is 12.8 Å². The zero-order chi connectivity index (χ0) is 10.6. The summed E-state index contributed by atoms with van der Waals surface area (Å²) in [7, 11) is 0. The number of ether oxygens (including phenoxy) is 2. The largest absolute Gasteiger partial charge is 0.353 e. The van der Waals surface area contributed by atoms with Gasteiger partial charge < -0.3 is 14.8 Å². The molecule has 1 amide bonds. The van der Waals surface area contributed by atoms with Gasteiger partial charge in [-0.3, -0.25) is 4.79 Å². The Labute approximate surface area is 85.0 Å². The van der Waals surface area contributed by atoms with Crippen LogP contribution in [0.4, 0.5) is 0 Å². The Bertz CT molecular complexity index is 196. The van der Waals surface area contributed by atoms with Crippen LogP contribution in [0.3, 0.4) is 0 Å². The van der Waals surface area contributed by atoms with Gasteiger partial charge >= 0.3 is 0 Å². The molecule has 4 heteroatoms. The van der Waals surface area contributed by atoms with Crippen LogP contribution in [0.15, 0.2) is 0 Å². The SMILES string of the molecule is CCO[C@H]1CC[C@H](NC(C)=O)[C@@H](C)O1. The smallest absolute Gasteiger partial charge is 0.217 e. The van der Waals surface area contributed by atoms with Crippen molar-refractivity contribution in [2.24, 2.45) is 0 Å². The van der Waals surface area contributed by atoms with Gasteiger partial charge in [-0.15, -0.1) is 0 Å². The molecule has 82 valence electrons. The van der Waals surface area contributed by atoms with Crippen molar-refractivity contribution in [2.75, 3.05) is 6.61 Å². The van der Waals surface area contributed by atoms with Crippen LogP contribution in [0.5, 0.6) is 0 Å². The van der Waals surface area contributed by atoms with Gasteiger partial charge in [0, 0.05) is 20.0 Å². The molecule has 1 saturated heterocycles. The fourth-order valence-electron chi connectivity index (χ4n) is 1.71. The number of amides is 1. The van der Waals surface area contributed by atoms with Crippen molar-refractivity contribution >= 4 is 5.91 Å². The number of hydrogen-bond donors (Lipinski definition) is 1. The second-order valence-corrected chi connectivity index (χ2v) is 3.61. The Hall–Kier alpha value is -0.610. The molecule has 0 bridgehead atoms. The van der Waals surface area contributed by atoms with Crippen molar-refractivity contribution in [1.82, 2.24) is 5.32 Å². The van der Waals surface area contributed by atoms with Crippen molar-refractivity contribution < 1.29 is 14.3 Å². The van der Waals surface area contributed by atoms with Gasteiger partial charge in [-0.2, -0.15) is 0 Å². The summed E-state index contributed by atoms with van der Waals surface area (Å²) in [5, 5.41) is 2.87. The van der Waals surface area contributed by atoms with Crippen molar-refractivity contribution in [3.8, 4) is 0 Å². The summed E-state index contributed by atoms with van der Waals surface area (Å²) in [6.45, 7) is 6.11. The number of rotatable bonds is 3. The molecule has 1 heterocycles. The Morgan fingerprint density at radius 3 is 2.79 bits per heavy atom. The van der Waals surface area contributed by atoms with Crippen LogP contribution in [0.1, 0.15) is 33.6 Å². The molecule has 1 aliphatic heterocycles. The quantitative estimate of drug-likeness (QED) is 0.742. The molecule has 4 nitrogen and oxygen atoms in total. The van der Waals surface area contributed by atoms with Crippen LogP contribution in [-0.2, 0) is 14.3 Å². The first-order valence-electron chi connectivity index (χ1n) is 5.17. The normalized spacial score (nSPS) is 32.6. The van der Waals surface area contributed by atoms with Gasteiger partial charge in [0.1, 0.15) is 0 Å². The summed E-state index contributed by atoms with van der Waals surface area (Å²) in [6, 6.07) is 0.129. The molecule has 1 rings (SSSR count). The lowest BCUT2D eigenvalue weighted by Crippen LogP contribution is -2.47. The molecule has 0 aliphatic carbocycles. The van der Waals surface area contributed by atoms with Gasteiger partial charge in [-0.05, 0) is 20.3 Å². The fourth-order valence-corrected chi connectivity index (χ4v) is 1.71. The summed E-state index contributed by atoms with van der Waals surface area (Å²) in [5.74, 6) is 0.000287. The lowest BCUT2D eigenvalue weighted by molar-refractivity contribution is -0.195. The van der Waals surface area contributed by atoms with Crippen molar-refractivity contribution in [3.05, 3.63) is 0 Å². The monoisotopic (exact) mass is 201 g/mol. The van der Waals surface area contributed by atoms with Crippen molar-refractivity contribution in [2.45, 2.75) is 52.0 Å². The molecular formula is C10H19NO3.